The lowest BCUT2D eigenvalue weighted by Gasteiger charge is -2.05. The minimum atomic E-state index is 0.682. The molecule has 2 aromatic carbocycles. The van der Waals surface area contributed by atoms with Crippen LogP contribution in [0.3, 0.4) is 0 Å². The number of nitrogens with two attached hydrogens (primary N) is 1. The second-order valence-corrected chi connectivity index (χ2v) is 4.91. The van der Waals surface area contributed by atoms with Crippen molar-refractivity contribution in [1.82, 2.24) is 0 Å². The van der Waals surface area contributed by atoms with Crippen molar-refractivity contribution in [3.63, 3.8) is 0 Å². The van der Waals surface area contributed by atoms with E-state index in [0.717, 1.165) is 16.3 Å². The summed E-state index contributed by atoms with van der Waals surface area (Å²) in [5.41, 5.74) is 7.92. The first kappa shape index (κ1) is 14.9. The van der Waals surface area contributed by atoms with Gasteiger partial charge in [-0.25, -0.2) is 0 Å². The SMILES string of the molecule is CC.Nc1cc(Cl)ccc1SCc1ccccc1. The first-order valence-electron chi connectivity index (χ1n) is 5.97. The van der Waals surface area contributed by atoms with Crippen molar-refractivity contribution in [3.8, 4) is 0 Å². The van der Waals surface area contributed by atoms with Crippen molar-refractivity contribution in [2.75, 3.05) is 5.73 Å². The number of nitrogen functional groups attached to an aromatic ring is 1. The van der Waals surface area contributed by atoms with Gasteiger partial charge in [0.1, 0.15) is 0 Å². The zero-order valence-electron chi connectivity index (χ0n) is 10.7. The van der Waals surface area contributed by atoms with E-state index in [4.69, 9.17) is 17.3 Å². The van der Waals surface area contributed by atoms with Gasteiger partial charge >= 0.3 is 0 Å². The van der Waals surface area contributed by atoms with E-state index in [1.807, 2.05) is 44.2 Å². The zero-order chi connectivity index (χ0) is 13.4. The molecule has 0 atom stereocenters. The van der Waals surface area contributed by atoms with Gasteiger partial charge in [0.2, 0.25) is 0 Å². The lowest BCUT2D eigenvalue weighted by Crippen LogP contribution is -1.88. The number of thioether (sulfide) groups is 1. The van der Waals surface area contributed by atoms with Crippen LogP contribution in [-0.4, -0.2) is 0 Å². The molecule has 0 heterocycles. The standard InChI is InChI=1S/C13H12ClNS.C2H6/c14-11-6-7-13(12(15)8-11)16-9-10-4-2-1-3-5-10;1-2/h1-8H,9,15H2;1-2H3. The molecule has 0 aliphatic carbocycles. The third-order valence-electron chi connectivity index (χ3n) is 2.21. The molecule has 0 saturated heterocycles. The summed E-state index contributed by atoms with van der Waals surface area (Å²) in [6.45, 7) is 4.00. The number of benzene rings is 2. The molecule has 0 fully saturated rings. The molecule has 2 rings (SSSR count). The third kappa shape index (κ3) is 4.63. The molecule has 0 aromatic heterocycles. The van der Waals surface area contributed by atoms with Crippen LogP contribution in [0, 0.1) is 0 Å². The Kier molecular flexibility index (Phi) is 6.69. The molecule has 0 aliphatic heterocycles. The predicted molar refractivity (Wildman–Crippen MR) is 83.2 cm³/mol. The topological polar surface area (TPSA) is 26.0 Å². The van der Waals surface area contributed by atoms with Crippen molar-refractivity contribution in [2.24, 2.45) is 0 Å². The number of hydrogen-bond acceptors (Lipinski definition) is 2. The highest BCUT2D eigenvalue weighted by atomic mass is 35.5. The minimum absolute atomic E-state index is 0.682. The zero-order valence-corrected chi connectivity index (χ0v) is 12.3. The largest absolute Gasteiger partial charge is 0.398 e. The van der Waals surface area contributed by atoms with Crippen LogP contribution < -0.4 is 5.73 Å². The first-order valence-corrected chi connectivity index (χ1v) is 7.34. The van der Waals surface area contributed by atoms with E-state index in [2.05, 4.69) is 12.1 Å². The number of anilines is 1. The van der Waals surface area contributed by atoms with Crippen LogP contribution in [0.15, 0.2) is 53.4 Å². The smallest absolute Gasteiger partial charge is 0.0467 e. The fourth-order valence-electron chi connectivity index (χ4n) is 1.39. The Morgan fingerprint density at radius 2 is 1.72 bits per heavy atom. The van der Waals surface area contributed by atoms with E-state index in [-0.39, 0.29) is 0 Å². The fraction of sp³-hybridized carbons (Fsp3) is 0.200. The van der Waals surface area contributed by atoms with Crippen molar-refractivity contribution in [3.05, 3.63) is 59.1 Å². The minimum Gasteiger partial charge on any atom is -0.398 e. The average Bonchev–Trinajstić information content (AvgIpc) is 2.41. The maximum absolute atomic E-state index is 5.88. The molecule has 18 heavy (non-hydrogen) atoms. The Labute approximate surface area is 118 Å². The number of halogens is 1. The van der Waals surface area contributed by atoms with Gasteiger partial charge in [-0.2, -0.15) is 0 Å². The Morgan fingerprint density at radius 3 is 2.33 bits per heavy atom. The Morgan fingerprint density at radius 1 is 1.06 bits per heavy atom. The van der Waals surface area contributed by atoms with Gasteiger partial charge in [0.15, 0.2) is 0 Å². The van der Waals surface area contributed by atoms with Crippen molar-refractivity contribution in [2.45, 2.75) is 24.5 Å². The van der Waals surface area contributed by atoms with Gasteiger partial charge in [0, 0.05) is 21.4 Å². The van der Waals surface area contributed by atoms with Gasteiger partial charge in [0.25, 0.3) is 0 Å². The molecule has 0 saturated carbocycles. The summed E-state index contributed by atoms with van der Waals surface area (Å²) in [6, 6.07) is 15.9. The summed E-state index contributed by atoms with van der Waals surface area (Å²) < 4.78 is 0. The molecule has 0 amide bonds. The molecule has 0 spiro atoms. The molecular formula is C15H18ClNS. The van der Waals surface area contributed by atoms with Crippen molar-refractivity contribution >= 4 is 29.1 Å². The Balaban J connectivity index is 0.000000771. The van der Waals surface area contributed by atoms with Gasteiger partial charge in [-0.15, -0.1) is 11.8 Å². The van der Waals surface area contributed by atoms with E-state index >= 15 is 0 Å². The third-order valence-corrected chi connectivity index (χ3v) is 3.60. The van der Waals surface area contributed by atoms with E-state index in [9.17, 15) is 0 Å². The normalized spacial score (nSPS) is 9.50. The van der Waals surface area contributed by atoms with E-state index < -0.39 is 0 Å². The van der Waals surface area contributed by atoms with Gasteiger partial charge in [-0.05, 0) is 23.8 Å². The summed E-state index contributed by atoms with van der Waals surface area (Å²) >= 11 is 7.57. The highest BCUT2D eigenvalue weighted by molar-refractivity contribution is 7.98. The van der Waals surface area contributed by atoms with Gasteiger partial charge in [-0.3, -0.25) is 0 Å². The highest BCUT2D eigenvalue weighted by Gasteiger charge is 2.01. The van der Waals surface area contributed by atoms with Crippen LogP contribution in [0.2, 0.25) is 5.02 Å². The molecule has 0 aliphatic rings. The summed E-state index contributed by atoms with van der Waals surface area (Å²) in [5.74, 6) is 0.923. The van der Waals surface area contributed by atoms with Crippen LogP contribution >= 0.6 is 23.4 Å². The summed E-state index contributed by atoms with van der Waals surface area (Å²) in [6.07, 6.45) is 0. The van der Waals surface area contributed by atoms with Gasteiger partial charge in [0.05, 0.1) is 0 Å². The Bertz CT molecular complexity index is 471. The van der Waals surface area contributed by atoms with Crippen LogP contribution in [0.25, 0.3) is 0 Å². The highest BCUT2D eigenvalue weighted by Crippen LogP contribution is 2.29. The van der Waals surface area contributed by atoms with E-state index in [1.165, 1.54) is 5.56 Å². The second kappa shape index (κ2) is 8.06. The maximum atomic E-state index is 5.88. The molecule has 3 heteroatoms. The molecule has 0 radical (unpaired) electrons. The lowest BCUT2D eigenvalue weighted by molar-refractivity contribution is 1.38. The lowest BCUT2D eigenvalue weighted by atomic mass is 10.2. The first-order chi connectivity index (χ1) is 8.75. The van der Waals surface area contributed by atoms with Gasteiger partial charge in [-0.1, -0.05) is 55.8 Å². The maximum Gasteiger partial charge on any atom is 0.0467 e. The number of rotatable bonds is 3. The molecule has 1 nitrogen and oxygen atoms in total. The quantitative estimate of drug-likeness (QED) is 0.614. The van der Waals surface area contributed by atoms with Crippen molar-refractivity contribution < 1.29 is 0 Å². The van der Waals surface area contributed by atoms with Crippen LogP contribution in [0.5, 0.6) is 0 Å². The van der Waals surface area contributed by atoms with Crippen LogP contribution in [0.4, 0.5) is 5.69 Å². The molecule has 0 bridgehead atoms. The average molecular weight is 280 g/mol. The van der Waals surface area contributed by atoms with E-state index in [0.29, 0.717) is 5.02 Å². The van der Waals surface area contributed by atoms with E-state index in [1.54, 1.807) is 17.8 Å². The van der Waals surface area contributed by atoms with Crippen LogP contribution in [0.1, 0.15) is 19.4 Å². The fourth-order valence-corrected chi connectivity index (χ4v) is 2.47. The van der Waals surface area contributed by atoms with Crippen molar-refractivity contribution in [1.29, 1.82) is 0 Å². The Hall–Kier alpha value is -1.12. The summed E-state index contributed by atoms with van der Waals surface area (Å²) in [4.78, 5) is 1.08. The number of hydrogen-bond donors (Lipinski definition) is 1. The molecule has 96 valence electrons. The second-order valence-electron chi connectivity index (χ2n) is 3.46. The molecular weight excluding hydrogens is 262 g/mol. The molecule has 2 N–H and O–H groups in total. The predicted octanol–water partition coefficient (Wildman–Crippen LogP) is 5.24. The molecule has 0 unspecified atom stereocenters. The van der Waals surface area contributed by atoms with Crippen LogP contribution in [-0.2, 0) is 5.75 Å². The van der Waals surface area contributed by atoms with Gasteiger partial charge < -0.3 is 5.73 Å². The molecule has 2 aromatic rings. The summed E-state index contributed by atoms with van der Waals surface area (Å²) in [7, 11) is 0. The summed E-state index contributed by atoms with van der Waals surface area (Å²) in [5, 5.41) is 0.682. The monoisotopic (exact) mass is 279 g/mol.